The number of carboxylic acids is 1. The number of hydrogen-bond donors (Lipinski definition) is 3. The van der Waals surface area contributed by atoms with Crippen LogP contribution in [0, 0.1) is 0 Å². The molecule has 0 saturated heterocycles. The lowest BCUT2D eigenvalue weighted by Gasteiger charge is -2.25. The van der Waals surface area contributed by atoms with Crippen LogP contribution >= 0.6 is 0 Å². The van der Waals surface area contributed by atoms with Crippen LogP contribution in [-0.2, 0) is 4.79 Å². The van der Waals surface area contributed by atoms with Crippen molar-refractivity contribution in [1.82, 2.24) is 0 Å². The predicted molar refractivity (Wildman–Crippen MR) is 57.2 cm³/mol. The second kappa shape index (κ2) is 3.73. The monoisotopic (exact) mass is 222 g/mol. The fourth-order valence-corrected chi connectivity index (χ4v) is 1.57. The van der Waals surface area contributed by atoms with Crippen molar-refractivity contribution < 1.29 is 20.1 Å². The van der Waals surface area contributed by atoms with Crippen LogP contribution in [0.2, 0.25) is 0 Å². The van der Waals surface area contributed by atoms with E-state index in [4.69, 9.17) is 5.11 Å². The van der Waals surface area contributed by atoms with Gasteiger partial charge in [-0.1, -0.05) is 0 Å². The average molecular weight is 222 g/mol. The molecule has 2 rings (SSSR count). The van der Waals surface area contributed by atoms with E-state index in [1.54, 1.807) is 0 Å². The van der Waals surface area contributed by atoms with Gasteiger partial charge >= 0.3 is 5.97 Å². The molecule has 0 fully saturated rings. The molecular formula is C10H10N2O4. The van der Waals surface area contributed by atoms with Crippen LogP contribution in [0.4, 0.5) is 5.69 Å². The number of carbonyl (C=O) groups is 1. The maximum Gasteiger partial charge on any atom is 0.323 e. The molecule has 1 aromatic carbocycles. The first-order valence-electron chi connectivity index (χ1n) is 4.60. The van der Waals surface area contributed by atoms with Gasteiger partial charge in [-0.15, -0.1) is 0 Å². The molecule has 0 bridgehead atoms. The van der Waals surface area contributed by atoms with E-state index < -0.39 is 5.97 Å². The molecule has 1 aliphatic heterocycles. The van der Waals surface area contributed by atoms with Crippen molar-refractivity contribution in [3.8, 4) is 11.5 Å². The molecule has 0 unspecified atom stereocenters. The number of phenols is 2. The molecule has 16 heavy (non-hydrogen) atoms. The second-order valence-electron chi connectivity index (χ2n) is 3.44. The minimum absolute atomic E-state index is 0.200. The topological polar surface area (TPSA) is 93.4 Å². The molecule has 6 nitrogen and oxygen atoms in total. The molecule has 0 aliphatic carbocycles. The number of aromatic hydroxyl groups is 2. The summed E-state index contributed by atoms with van der Waals surface area (Å²) in [5, 5.41) is 27.4. The van der Waals surface area contributed by atoms with Crippen LogP contribution in [0.3, 0.4) is 0 Å². The molecule has 1 heterocycles. The van der Waals surface area contributed by atoms with Crippen LogP contribution in [-0.4, -0.2) is 40.7 Å². The lowest BCUT2D eigenvalue weighted by Crippen LogP contribution is -2.32. The molecule has 1 aromatic rings. The summed E-state index contributed by atoms with van der Waals surface area (Å²) >= 11 is 0. The SMILES string of the molecule is O=C(O)CN1CN=Cc2cc(O)c(O)cc21. The van der Waals surface area contributed by atoms with Crippen LogP contribution in [0.5, 0.6) is 11.5 Å². The molecule has 0 radical (unpaired) electrons. The van der Waals surface area contributed by atoms with E-state index in [1.165, 1.54) is 23.2 Å². The van der Waals surface area contributed by atoms with E-state index in [2.05, 4.69) is 4.99 Å². The summed E-state index contributed by atoms with van der Waals surface area (Å²) in [6.07, 6.45) is 1.53. The van der Waals surface area contributed by atoms with Crippen molar-refractivity contribution in [2.75, 3.05) is 18.1 Å². The molecule has 6 heteroatoms. The standard InChI is InChI=1S/C10H10N2O4/c13-8-1-6-3-11-5-12(4-10(15)16)7(6)2-9(8)14/h1-3,13-14H,4-5H2,(H,15,16). The number of hydrogen-bond acceptors (Lipinski definition) is 5. The maximum atomic E-state index is 10.6. The van der Waals surface area contributed by atoms with Gasteiger partial charge in [0, 0.05) is 17.8 Å². The number of aliphatic imine (C=N–C) groups is 1. The van der Waals surface area contributed by atoms with Crippen molar-refractivity contribution in [1.29, 1.82) is 0 Å². The molecule has 0 spiro atoms. The molecule has 0 amide bonds. The van der Waals surface area contributed by atoms with Crippen molar-refractivity contribution in [2.45, 2.75) is 0 Å². The smallest absolute Gasteiger partial charge is 0.323 e. The van der Waals surface area contributed by atoms with Crippen LogP contribution < -0.4 is 4.90 Å². The Morgan fingerprint density at radius 1 is 1.38 bits per heavy atom. The number of phenolic OH excluding ortho intramolecular Hbond substituents is 2. The zero-order chi connectivity index (χ0) is 11.7. The normalized spacial score (nSPS) is 13.6. The highest BCUT2D eigenvalue weighted by Gasteiger charge is 2.18. The van der Waals surface area contributed by atoms with Crippen molar-refractivity contribution in [3.63, 3.8) is 0 Å². The highest BCUT2D eigenvalue weighted by Crippen LogP contribution is 2.33. The highest BCUT2D eigenvalue weighted by atomic mass is 16.4. The first kappa shape index (κ1) is 10.3. The van der Waals surface area contributed by atoms with Gasteiger partial charge in [-0.05, 0) is 6.07 Å². The van der Waals surface area contributed by atoms with Crippen LogP contribution in [0.15, 0.2) is 17.1 Å². The van der Waals surface area contributed by atoms with Gasteiger partial charge in [0.1, 0.15) is 13.2 Å². The third-order valence-electron chi connectivity index (χ3n) is 2.27. The molecular weight excluding hydrogens is 212 g/mol. The van der Waals surface area contributed by atoms with E-state index in [1.807, 2.05) is 0 Å². The number of rotatable bonds is 2. The van der Waals surface area contributed by atoms with Gasteiger partial charge in [0.05, 0.1) is 5.69 Å². The molecule has 0 aromatic heterocycles. The van der Waals surface area contributed by atoms with Crippen LogP contribution in [0.25, 0.3) is 0 Å². The zero-order valence-corrected chi connectivity index (χ0v) is 8.29. The number of nitrogens with zero attached hydrogens (tertiary/aromatic N) is 2. The number of carboxylic acid groups (broad SMARTS) is 1. The Morgan fingerprint density at radius 2 is 2.06 bits per heavy atom. The number of fused-ring (bicyclic) bond motifs is 1. The molecule has 84 valence electrons. The Hall–Kier alpha value is -2.24. The summed E-state index contributed by atoms with van der Waals surface area (Å²) in [6.45, 7) is 0.0259. The lowest BCUT2D eigenvalue weighted by molar-refractivity contribution is -0.135. The first-order chi connectivity index (χ1) is 7.58. The highest BCUT2D eigenvalue weighted by molar-refractivity contribution is 5.92. The third kappa shape index (κ3) is 1.77. The third-order valence-corrected chi connectivity index (χ3v) is 2.27. The van der Waals surface area contributed by atoms with Crippen LogP contribution in [0.1, 0.15) is 5.56 Å². The van der Waals surface area contributed by atoms with E-state index in [-0.39, 0.29) is 24.7 Å². The lowest BCUT2D eigenvalue weighted by atomic mass is 10.1. The van der Waals surface area contributed by atoms with E-state index in [0.29, 0.717) is 11.3 Å². The molecule has 0 saturated carbocycles. The minimum Gasteiger partial charge on any atom is -0.504 e. The summed E-state index contributed by atoms with van der Waals surface area (Å²) < 4.78 is 0. The van der Waals surface area contributed by atoms with Gasteiger partial charge in [-0.2, -0.15) is 0 Å². The Morgan fingerprint density at radius 3 is 2.75 bits per heavy atom. The number of anilines is 1. The summed E-state index contributed by atoms with van der Waals surface area (Å²) in [7, 11) is 0. The summed E-state index contributed by atoms with van der Waals surface area (Å²) in [6, 6.07) is 2.68. The molecule has 3 N–H and O–H groups in total. The van der Waals surface area contributed by atoms with Gasteiger partial charge in [0.25, 0.3) is 0 Å². The largest absolute Gasteiger partial charge is 0.504 e. The average Bonchev–Trinajstić information content (AvgIpc) is 2.20. The van der Waals surface area contributed by atoms with Crippen molar-refractivity contribution in [2.24, 2.45) is 4.99 Å². The van der Waals surface area contributed by atoms with E-state index in [0.717, 1.165) is 0 Å². The summed E-state index contributed by atoms with van der Waals surface area (Å²) in [5.41, 5.74) is 1.13. The van der Waals surface area contributed by atoms with Gasteiger partial charge in [-0.25, -0.2) is 0 Å². The zero-order valence-electron chi connectivity index (χ0n) is 8.29. The fourth-order valence-electron chi connectivity index (χ4n) is 1.57. The van der Waals surface area contributed by atoms with Crippen molar-refractivity contribution >= 4 is 17.9 Å². The fraction of sp³-hybridized carbons (Fsp3) is 0.200. The number of aliphatic carboxylic acids is 1. The first-order valence-corrected chi connectivity index (χ1v) is 4.60. The van der Waals surface area contributed by atoms with E-state index >= 15 is 0 Å². The van der Waals surface area contributed by atoms with Gasteiger partial charge < -0.3 is 20.2 Å². The quantitative estimate of drug-likeness (QED) is 0.629. The molecule has 0 atom stereocenters. The summed E-state index contributed by atoms with van der Waals surface area (Å²) in [4.78, 5) is 16.1. The van der Waals surface area contributed by atoms with Gasteiger partial charge in [0.15, 0.2) is 11.5 Å². The Balaban J connectivity index is 2.42. The minimum atomic E-state index is -0.976. The Kier molecular flexibility index (Phi) is 2.40. The van der Waals surface area contributed by atoms with Crippen molar-refractivity contribution in [3.05, 3.63) is 17.7 Å². The Labute approximate surface area is 91.1 Å². The summed E-state index contributed by atoms with van der Waals surface area (Å²) in [5.74, 6) is -1.50. The number of benzene rings is 1. The predicted octanol–water partition coefficient (Wildman–Crippen LogP) is 0.379. The second-order valence-corrected chi connectivity index (χ2v) is 3.44. The maximum absolute atomic E-state index is 10.6. The van der Waals surface area contributed by atoms with E-state index in [9.17, 15) is 15.0 Å². The van der Waals surface area contributed by atoms with Gasteiger partial charge in [0.2, 0.25) is 0 Å². The molecule has 1 aliphatic rings. The Bertz CT molecular complexity index is 470. The van der Waals surface area contributed by atoms with Gasteiger partial charge in [-0.3, -0.25) is 9.79 Å².